The van der Waals surface area contributed by atoms with Crippen LogP contribution in [0.25, 0.3) is 0 Å². The van der Waals surface area contributed by atoms with E-state index < -0.39 is 0 Å². The monoisotopic (exact) mass is 241 g/mol. The van der Waals surface area contributed by atoms with Crippen LogP contribution in [0.2, 0.25) is 0 Å². The van der Waals surface area contributed by atoms with Crippen LogP contribution in [0.4, 0.5) is 5.69 Å². The average molecular weight is 241 g/mol. The maximum atomic E-state index is 5.98. The Hall–Kier alpha value is -1.87. The molecule has 0 saturated carbocycles. The number of hydrogen-bond acceptors (Lipinski definition) is 3. The lowest BCUT2D eigenvalue weighted by Gasteiger charge is -2.21. The second-order valence-corrected chi connectivity index (χ2v) is 4.36. The second-order valence-electron chi connectivity index (χ2n) is 4.36. The molecule has 0 amide bonds. The zero-order valence-electron chi connectivity index (χ0n) is 10.7. The fraction of sp³-hybridized carbons (Fsp3) is 0.267. The zero-order chi connectivity index (χ0) is 12.8. The third kappa shape index (κ3) is 3.31. The Morgan fingerprint density at radius 3 is 2.61 bits per heavy atom. The maximum Gasteiger partial charge on any atom is 0.0359 e. The molecule has 0 aliphatic rings. The average Bonchev–Trinajstić information content (AvgIpc) is 2.41. The molecule has 0 bridgehead atoms. The first-order chi connectivity index (χ1) is 8.79. The molecule has 3 heteroatoms. The van der Waals surface area contributed by atoms with Gasteiger partial charge in [-0.15, -0.1) is 0 Å². The summed E-state index contributed by atoms with van der Waals surface area (Å²) >= 11 is 0. The Labute approximate surface area is 108 Å². The molecule has 2 N–H and O–H groups in total. The lowest BCUT2D eigenvalue weighted by molar-refractivity contribution is 0.271. The standard InChI is InChI=1S/C15H19N3/c1-2-18(11-13-6-5-9-17-10-13)12-14-7-3-4-8-15(14)16/h3-10H,2,11-12,16H2,1H3. The molecule has 94 valence electrons. The van der Waals surface area contributed by atoms with E-state index in [1.165, 1.54) is 11.1 Å². The first-order valence-corrected chi connectivity index (χ1v) is 6.24. The molecule has 0 fully saturated rings. The molecule has 18 heavy (non-hydrogen) atoms. The molecule has 0 radical (unpaired) electrons. The van der Waals surface area contributed by atoms with E-state index in [1.54, 1.807) is 6.20 Å². The summed E-state index contributed by atoms with van der Waals surface area (Å²) in [5, 5.41) is 0. The number of hydrogen-bond donors (Lipinski definition) is 1. The van der Waals surface area contributed by atoms with Gasteiger partial charge in [-0.25, -0.2) is 0 Å². The van der Waals surface area contributed by atoms with E-state index >= 15 is 0 Å². The van der Waals surface area contributed by atoms with Gasteiger partial charge in [-0.05, 0) is 29.8 Å². The minimum Gasteiger partial charge on any atom is -0.398 e. The van der Waals surface area contributed by atoms with Gasteiger partial charge in [0.1, 0.15) is 0 Å². The highest BCUT2D eigenvalue weighted by atomic mass is 15.1. The third-order valence-corrected chi connectivity index (χ3v) is 3.03. The van der Waals surface area contributed by atoms with E-state index in [1.807, 2.05) is 30.5 Å². The number of nitrogens with two attached hydrogens (primary N) is 1. The van der Waals surface area contributed by atoms with Gasteiger partial charge in [0.25, 0.3) is 0 Å². The van der Waals surface area contributed by atoms with Crippen molar-refractivity contribution in [2.45, 2.75) is 20.0 Å². The van der Waals surface area contributed by atoms with Gasteiger partial charge in [-0.1, -0.05) is 31.2 Å². The zero-order valence-corrected chi connectivity index (χ0v) is 10.7. The van der Waals surface area contributed by atoms with Crippen molar-refractivity contribution in [3.05, 3.63) is 59.9 Å². The van der Waals surface area contributed by atoms with Crippen LogP contribution >= 0.6 is 0 Å². The molecule has 2 aromatic rings. The molecule has 0 atom stereocenters. The Bertz CT molecular complexity index is 482. The molecule has 1 aromatic carbocycles. The number of para-hydroxylation sites is 1. The van der Waals surface area contributed by atoms with Crippen LogP contribution in [-0.2, 0) is 13.1 Å². The largest absolute Gasteiger partial charge is 0.398 e. The summed E-state index contributed by atoms with van der Waals surface area (Å²) in [5.41, 5.74) is 9.25. The van der Waals surface area contributed by atoms with Crippen LogP contribution in [0, 0.1) is 0 Å². The number of benzene rings is 1. The number of nitrogen functional groups attached to an aromatic ring is 1. The van der Waals surface area contributed by atoms with Crippen molar-refractivity contribution < 1.29 is 0 Å². The number of rotatable bonds is 5. The quantitative estimate of drug-likeness (QED) is 0.818. The molecule has 0 unspecified atom stereocenters. The van der Waals surface area contributed by atoms with Gasteiger partial charge in [0, 0.05) is 31.2 Å². The summed E-state index contributed by atoms with van der Waals surface area (Å²) in [6.07, 6.45) is 3.71. The van der Waals surface area contributed by atoms with Crippen molar-refractivity contribution in [3.8, 4) is 0 Å². The van der Waals surface area contributed by atoms with Gasteiger partial charge in [0.05, 0.1) is 0 Å². The van der Waals surface area contributed by atoms with Crippen molar-refractivity contribution in [1.82, 2.24) is 9.88 Å². The van der Waals surface area contributed by atoms with Gasteiger partial charge in [-0.2, -0.15) is 0 Å². The summed E-state index contributed by atoms with van der Waals surface area (Å²) in [5.74, 6) is 0. The maximum absolute atomic E-state index is 5.98. The fourth-order valence-electron chi connectivity index (χ4n) is 1.95. The predicted molar refractivity (Wildman–Crippen MR) is 74.9 cm³/mol. The molecule has 0 saturated heterocycles. The lowest BCUT2D eigenvalue weighted by Crippen LogP contribution is -2.22. The topological polar surface area (TPSA) is 42.2 Å². The Balaban J connectivity index is 2.04. The van der Waals surface area contributed by atoms with Crippen LogP contribution in [-0.4, -0.2) is 16.4 Å². The minimum absolute atomic E-state index is 0.863. The summed E-state index contributed by atoms with van der Waals surface area (Å²) in [6.45, 7) is 4.93. The summed E-state index contributed by atoms with van der Waals surface area (Å²) in [4.78, 5) is 6.50. The van der Waals surface area contributed by atoms with Gasteiger partial charge in [-0.3, -0.25) is 9.88 Å². The summed E-state index contributed by atoms with van der Waals surface area (Å²) in [7, 11) is 0. The van der Waals surface area contributed by atoms with E-state index in [-0.39, 0.29) is 0 Å². The van der Waals surface area contributed by atoms with Crippen molar-refractivity contribution >= 4 is 5.69 Å². The number of aromatic nitrogens is 1. The van der Waals surface area contributed by atoms with Crippen LogP contribution in [0.15, 0.2) is 48.8 Å². The lowest BCUT2D eigenvalue weighted by atomic mass is 10.1. The van der Waals surface area contributed by atoms with Crippen LogP contribution in [0.3, 0.4) is 0 Å². The molecule has 2 rings (SSSR count). The van der Waals surface area contributed by atoms with Gasteiger partial charge < -0.3 is 5.73 Å². The summed E-state index contributed by atoms with van der Waals surface area (Å²) < 4.78 is 0. The van der Waals surface area contributed by atoms with E-state index in [0.29, 0.717) is 0 Å². The van der Waals surface area contributed by atoms with Gasteiger partial charge >= 0.3 is 0 Å². The van der Waals surface area contributed by atoms with Crippen molar-refractivity contribution in [2.24, 2.45) is 0 Å². The van der Waals surface area contributed by atoms with Gasteiger partial charge in [0.2, 0.25) is 0 Å². The molecule has 1 aromatic heterocycles. The van der Waals surface area contributed by atoms with E-state index in [4.69, 9.17) is 5.73 Å². The second kappa shape index (κ2) is 6.17. The Morgan fingerprint density at radius 2 is 1.94 bits per heavy atom. The van der Waals surface area contributed by atoms with E-state index in [0.717, 1.165) is 25.3 Å². The highest BCUT2D eigenvalue weighted by molar-refractivity contribution is 5.46. The van der Waals surface area contributed by atoms with Gasteiger partial charge in [0.15, 0.2) is 0 Å². The van der Waals surface area contributed by atoms with Crippen molar-refractivity contribution in [2.75, 3.05) is 12.3 Å². The molecular formula is C15H19N3. The Morgan fingerprint density at radius 1 is 1.11 bits per heavy atom. The fourth-order valence-corrected chi connectivity index (χ4v) is 1.95. The highest BCUT2D eigenvalue weighted by Crippen LogP contribution is 2.14. The molecule has 3 nitrogen and oxygen atoms in total. The Kier molecular flexibility index (Phi) is 4.31. The predicted octanol–water partition coefficient (Wildman–Crippen LogP) is 2.69. The first kappa shape index (κ1) is 12.6. The third-order valence-electron chi connectivity index (χ3n) is 3.03. The highest BCUT2D eigenvalue weighted by Gasteiger charge is 2.06. The van der Waals surface area contributed by atoms with Crippen molar-refractivity contribution in [3.63, 3.8) is 0 Å². The number of pyridine rings is 1. The van der Waals surface area contributed by atoms with Crippen LogP contribution in [0.5, 0.6) is 0 Å². The van der Waals surface area contributed by atoms with E-state index in [2.05, 4.69) is 28.9 Å². The smallest absolute Gasteiger partial charge is 0.0359 e. The SMILES string of the molecule is CCN(Cc1cccnc1)Cc1ccccc1N. The molecule has 0 spiro atoms. The number of nitrogens with zero attached hydrogens (tertiary/aromatic N) is 2. The van der Waals surface area contributed by atoms with Crippen LogP contribution in [0.1, 0.15) is 18.1 Å². The number of anilines is 1. The van der Waals surface area contributed by atoms with E-state index in [9.17, 15) is 0 Å². The molecule has 0 aliphatic heterocycles. The summed E-state index contributed by atoms with van der Waals surface area (Å²) in [6, 6.07) is 12.1. The van der Waals surface area contributed by atoms with Crippen LogP contribution < -0.4 is 5.73 Å². The molecule has 0 aliphatic carbocycles. The minimum atomic E-state index is 0.863. The first-order valence-electron chi connectivity index (χ1n) is 6.24. The van der Waals surface area contributed by atoms with Crippen molar-refractivity contribution in [1.29, 1.82) is 0 Å². The normalized spacial score (nSPS) is 10.8. The molecule has 1 heterocycles. The molecular weight excluding hydrogens is 222 g/mol.